The molecule has 21 heavy (non-hydrogen) atoms. The molecule has 0 saturated carbocycles. The van der Waals surface area contributed by atoms with Crippen LogP contribution in [0.15, 0.2) is 41.0 Å². The SMILES string of the molecule is O=C(Nc1ccc(Br)c(F)c1)c1ccc(C(F)(F)F)nc1. The van der Waals surface area contributed by atoms with E-state index in [0.717, 1.165) is 18.3 Å². The summed E-state index contributed by atoms with van der Waals surface area (Å²) in [5, 5.41) is 2.36. The molecule has 0 bridgehead atoms. The minimum absolute atomic E-state index is 0.0636. The molecule has 2 aromatic rings. The van der Waals surface area contributed by atoms with E-state index >= 15 is 0 Å². The molecule has 110 valence electrons. The van der Waals surface area contributed by atoms with E-state index in [9.17, 15) is 22.4 Å². The highest BCUT2D eigenvalue weighted by Crippen LogP contribution is 2.27. The Kier molecular flexibility index (Phi) is 4.26. The number of aromatic nitrogens is 1. The maximum atomic E-state index is 13.3. The van der Waals surface area contributed by atoms with Gasteiger partial charge < -0.3 is 5.32 Å². The van der Waals surface area contributed by atoms with Crippen LogP contribution in [-0.4, -0.2) is 10.9 Å². The van der Waals surface area contributed by atoms with Gasteiger partial charge in [0.05, 0.1) is 10.0 Å². The van der Waals surface area contributed by atoms with Crippen molar-refractivity contribution in [3.05, 3.63) is 58.1 Å². The van der Waals surface area contributed by atoms with Crippen LogP contribution in [0.25, 0.3) is 0 Å². The van der Waals surface area contributed by atoms with Gasteiger partial charge in [-0.15, -0.1) is 0 Å². The molecule has 0 aliphatic rings. The topological polar surface area (TPSA) is 42.0 Å². The van der Waals surface area contributed by atoms with Crippen LogP contribution in [0.2, 0.25) is 0 Å². The lowest BCUT2D eigenvalue weighted by Gasteiger charge is -2.08. The summed E-state index contributed by atoms with van der Waals surface area (Å²) in [7, 11) is 0. The number of carbonyl (C=O) groups is 1. The molecule has 0 spiro atoms. The molecular weight excluding hydrogens is 356 g/mol. The lowest BCUT2D eigenvalue weighted by molar-refractivity contribution is -0.141. The summed E-state index contributed by atoms with van der Waals surface area (Å²) in [6.07, 6.45) is -3.75. The van der Waals surface area contributed by atoms with Crippen LogP contribution in [0.5, 0.6) is 0 Å². The third-order valence-electron chi connectivity index (χ3n) is 2.49. The number of nitrogens with zero attached hydrogens (tertiary/aromatic N) is 1. The molecule has 0 atom stereocenters. The second kappa shape index (κ2) is 5.80. The van der Waals surface area contributed by atoms with Gasteiger partial charge in [0, 0.05) is 11.9 Å². The molecule has 1 aromatic heterocycles. The Morgan fingerprint density at radius 1 is 1.19 bits per heavy atom. The highest BCUT2D eigenvalue weighted by atomic mass is 79.9. The summed E-state index contributed by atoms with van der Waals surface area (Å²) in [6, 6.07) is 5.63. The normalized spacial score (nSPS) is 11.3. The van der Waals surface area contributed by atoms with Gasteiger partial charge in [-0.2, -0.15) is 13.2 Å². The average Bonchev–Trinajstić information content (AvgIpc) is 2.42. The van der Waals surface area contributed by atoms with Crippen LogP contribution in [-0.2, 0) is 6.18 Å². The third kappa shape index (κ3) is 3.78. The van der Waals surface area contributed by atoms with Gasteiger partial charge in [-0.25, -0.2) is 4.39 Å². The first kappa shape index (κ1) is 15.4. The summed E-state index contributed by atoms with van der Waals surface area (Å²) in [4.78, 5) is 15.0. The molecule has 3 nitrogen and oxygen atoms in total. The van der Waals surface area contributed by atoms with Crippen LogP contribution in [0, 0.1) is 5.82 Å². The first-order valence-electron chi connectivity index (χ1n) is 5.57. The van der Waals surface area contributed by atoms with Gasteiger partial charge in [-0.1, -0.05) is 0 Å². The van der Waals surface area contributed by atoms with E-state index < -0.39 is 23.6 Å². The number of nitrogens with one attached hydrogen (secondary N) is 1. The smallest absolute Gasteiger partial charge is 0.322 e. The zero-order valence-electron chi connectivity index (χ0n) is 10.2. The zero-order chi connectivity index (χ0) is 15.6. The fourth-order valence-corrected chi connectivity index (χ4v) is 1.72. The molecule has 0 radical (unpaired) electrons. The number of halogens is 5. The molecule has 1 N–H and O–H groups in total. The molecular formula is C13H7BrF4N2O. The van der Waals surface area contributed by atoms with Gasteiger partial charge in [0.25, 0.3) is 5.91 Å². The van der Waals surface area contributed by atoms with Crippen LogP contribution in [0.1, 0.15) is 16.1 Å². The number of carbonyl (C=O) groups excluding carboxylic acids is 1. The average molecular weight is 363 g/mol. The lowest BCUT2D eigenvalue weighted by Crippen LogP contribution is -2.14. The highest BCUT2D eigenvalue weighted by Gasteiger charge is 2.32. The molecule has 0 aliphatic carbocycles. The number of benzene rings is 1. The number of hydrogen-bond acceptors (Lipinski definition) is 2. The van der Waals surface area contributed by atoms with E-state index in [1.165, 1.54) is 12.1 Å². The Hall–Kier alpha value is -1.96. The van der Waals surface area contributed by atoms with Crippen LogP contribution < -0.4 is 5.32 Å². The van der Waals surface area contributed by atoms with Crippen molar-refractivity contribution in [1.82, 2.24) is 4.98 Å². The minimum atomic E-state index is -4.57. The zero-order valence-corrected chi connectivity index (χ0v) is 11.8. The van der Waals surface area contributed by atoms with Gasteiger partial charge in [-0.3, -0.25) is 9.78 Å². The van der Waals surface area contributed by atoms with Crippen molar-refractivity contribution in [2.45, 2.75) is 6.18 Å². The van der Waals surface area contributed by atoms with E-state index in [2.05, 4.69) is 26.2 Å². The second-order valence-electron chi connectivity index (χ2n) is 4.01. The number of rotatable bonds is 2. The largest absolute Gasteiger partial charge is 0.433 e. The fraction of sp³-hybridized carbons (Fsp3) is 0.0769. The number of alkyl halides is 3. The maximum absolute atomic E-state index is 13.3. The molecule has 1 aromatic carbocycles. The molecule has 2 rings (SSSR count). The van der Waals surface area contributed by atoms with E-state index in [1.807, 2.05) is 0 Å². The summed E-state index contributed by atoms with van der Waals surface area (Å²) in [5.41, 5.74) is -0.972. The number of hydrogen-bond donors (Lipinski definition) is 1. The van der Waals surface area contributed by atoms with Gasteiger partial charge in [0.15, 0.2) is 0 Å². The minimum Gasteiger partial charge on any atom is -0.322 e. The van der Waals surface area contributed by atoms with Crippen molar-refractivity contribution in [3.8, 4) is 0 Å². The van der Waals surface area contributed by atoms with Crippen LogP contribution in [0.3, 0.4) is 0 Å². The van der Waals surface area contributed by atoms with E-state index in [1.54, 1.807) is 0 Å². The summed E-state index contributed by atoms with van der Waals surface area (Å²) >= 11 is 2.96. The summed E-state index contributed by atoms with van der Waals surface area (Å²) < 4.78 is 50.5. The number of anilines is 1. The van der Waals surface area contributed by atoms with Crippen molar-refractivity contribution in [2.75, 3.05) is 5.32 Å². The Bertz CT molecular complexity index is 671. The van der Waals surface area contributed by atoms with Gasteiger partial charge >= 0.3 is 6.18 Å². The molecule has 0 aliphatic heterocycles. The van der Waals surface area contributed by atoms with Crippen molar-refractivity contribution >= 4 is 27.5 Å². The first-order chi connectivity index (χ1) is 9.77. The third-order valence-corrected chi connectivity index (χ3v) is 3.14. The van der Waals surface area contributed by atoms with Gasteiger partial charge in [0.2, 0.25) is 0 Å². The first-order valence-corrected chi connectivity index (χ1v) is 6.36. The van der Waals surface area contributed by atoms with Gasteiger partial charge in [0.1, 0.15) is 11.5 Å². The van der Waals surface area contributed by atoms with E-state index in [4.69, 9.17) is 0 Å². The predicted molar refractivity (Wildman–Crippen MR) is 71.3 cm³/mol. The lowest BCUT2D eigenvalue weighted by atomic mass is 10.2. The van der Waals surface area contributed by atoms with Crippen LogP contribution >= 0.6 is 15.9 Å². The summed E-state index contributed by atoms with van der Waals surface area (Å²) in [6.45, 7) is 0. The second-order valence-corrected chi connectivity index (χ2v) is 4.87. The monoisotopic (exact) mass is 362 g/mol. The number of amides is 1. The molecule has 0 fully saturated rings. The summed E-state index contributed by atoms with van der Waals surface area (Å²) in [5.74, 6) is -1.25. The van der Waals surface area contributed by atoms with Gasteiger partial charge in [-0.05, 0) is 46.3 Å². The molecule has 0 saturated heterocycles. The highest BCUT2D eigenvalue weighted by molar-refractivity contribution is 9.10. The van der Waals surface area contributed by atoms with Crippen molar-refractivity contribution in [3.63, 3.8) is 0 Å². The van der Waals surface area contributed by atoms with Crippen molar-refractivity contribution in [2.24, 2.45) is 0 Å². The Morgan fingerprint density at radius 3 is 2.43 bits per heavy atom. The molecule has 0 unspecified atom stereocenters. The van der Waals surface area contributed by atoms with Crippen molar-refractivity contribution < 1.29 is 22.4 Å². The standard InChI is InChI=1S/C13H7BrF4N2O/c14-9-3-2-8(5-10(9)15)20-12(21)7-1-4-11(19-6-7)13(16,17)18/h1-6H,(H,20,21). The molecule has 1 heterocycles. The van der Waals surface area contributed by atoms with E-state index in [0.29, 0.717) is 6.07 Å². The number of pyridine rings is 1. The van der Waals surface area contributed by atoms with Crippen LogP contribution in [0.4, 0.5) is 23.2 Å². The Balaban J connectivity index is 2.15. The Labute approximate surface area is 125 Å². The Morgan fingerprint density at radius 2 is 1.90 bits per heavy atom. The van der Waals surface area contributed by atoms with Crippen molar-refractivity contribution in [1.29, 1.82) is 0 Å². The maximum Gasteiger partial charge on any atom is 0.433 e. The fourth-order valence-electron chi connectivity index (χ4n) is 1.47. The molecule has 1 amide bonds. The quantitative estimate of drug-likeness (QED) is 0.811. The molecule has 8 heteroatoms. The van der Waals surface area contributed by atoms with E-state index in [-0.39, 0.29) is 15.7 Å². The predicted octanol–water partition coefficient (Wildman–Crippen LogP) is 4.25.